The van der Waals surface area contributed by atoms with Crippen LogP contribution in [0.25, 0.3) is 0 Å². The minimum Gasteiger partial charge on any atom is -0.496 e. The summed E-state index contributed by atoms with van der Waals surface area (Å²) >= 11 is 0. The molecule has 1 aromatic rings. The van der Waals surface area contributed by atoms with Gasteiger partial charge in [-0.05, 0) is 51.2 Å². The maximum Gasteiger partial charge on any atom is 0.335 e. The molecular formula is C16H24N2O3. The highest BCUT2D eigenvalue weighted by Crippen LogP contribution is 2.21. The molecule has 21 heavy (non-hydrogen) atoms. The highest BCUT2D eigenvalue weighted by atomic mass is 16.5. The number of ether oxygens (including phenoxy) is 1. The largest absolute Gasteiger partial charge is 0.496 e. The van der Waals surface area contributed by atoms with Gasteiger partial charge >= 0.3 is 5.97 Å². The lowest BCUT2D eigenvalue weighted by molar-refractivity contribution is 0.0696. The number of carboxylic acid groups (broad SMARTS) is 1. The number of carbonyl (C=O) groups is 1. The van der Waals surface area contributed by atoms with Crippen molar-refractivity contribution in [2.75, 3.05) is 40.3 Å². The first-order chi connectivity index (χ1) is 10.1. The van der Waals surface area contributed by atoms with Crippen molar-refractivity contribution in [1.29, 1.82) is 0 Å². The first kappa shape index (κ1) is 15.8. The van der Waals surface area contributed by atoms with E-state index >= 15 is 0 Å². The molecule has 0 spiro atoms. The second-order valence-corrected chi connectivity index (χ2v) is 5.62. The van der Waals surface area contributed by atoms with Crippen molar-refractivity contribution in [3.05, 3.63) is 29.3 Å². The Kier molecular flexibility index (Phi) is 5.59. The highest BCUT2D eigenvalue weighted by Gasteiger charge is 2.14. The quantitative estimate of drug-likeness (QED) is 0.832. The van der Waals surface area contributed by atoms with E-state index in [9.17, 15) is 4.79 Å². The number of methoxy groups -OCH3 is 1. The summed E-state index contributed by atoms with van der Waals surface area (Å²) in [6.07, 6.45) is 2.61. The van der Waals surface area contributed by atoms with Gasteiger partial charge in [-0.15, -0.1) is 0 Å². The van der Waals surface area contributed by atoms with Gasteiger partial charge in [0.25, 0.3) is 0 Å². The average molecular weight is 292 g/mol. The Morgan fingerprint density at radius 1 is 1.38 bits per heavy atom. The standard InChI is InChI=1S/C16H24N2O3/c1-17(9-10-18-7-3-4-8-18)12-14-11-13(16(19)20)5-6-15(14)21-2/h5-6,11H,3-4,7-10,12H2,1-2H3,(H,19,20). The van der Waals surface area contributed by atoms with Crippen molar-refractivity contribution in [3.8, 4) is 5.75 Å². The molecule has 0 bridgehead atoms. The monoisotopic (exact) mass is 292 g/mol. The van der Waals surface area contributed by atoms with Crippen molar-refractivity contribution in [2.45, 2.75) is 19.4 Å². The lowest BCUT2D eigenvalue weighted by atomic mass is 10.1. The van der Waals surface area contributed by atoms with E-state index in [4.69, 9.17) is 9.84 Å². The first-order valence-electron chi connectivity index (χ1n) is 7.41. The normalized spacial score (nSPS) is 15.6. The van der Waals surface area contributed by atoms with E-state index in [0.29, 0.717) is 12.1 Å². The lowest BCUT2D eigenvalue weighted by Crippen LogP contribution is -2.31. The van der Waals surface area contributed by atoms with Gasteiger partial charge in [0.1, 0.15) is 5.75 Å². The maximum atomic E-state index is 11.1. The fraction of sp³-hybridized carbons (Fsp3) is 0.562. The molecule has 1 fully saturated rings. The van der Waals surface area contributed by atoms with Crippen LogP contribution in [0.15, 0.2) is 18.2 Å². The first-order valence-corrected chi connectivity index (χ1v) is 7.41. The van der Waals surface area contributed by atoms with Gasteiger partial charge in [0.15, 0.2) is 0 Å². The van der Waals surface area contributed by atoms with Crippen molar-refractivity contribution in [3.63, 3.8) is 0 Å². The molecule has 0 aromatic heterocycles. The summed E-state index contributed by atoms with van der Waals surface area (Å²) < 4.78 is 5.33. The van der Waals surface area contributed by atoms with Crippen LogP contribution >= 0.6 is 0 Å². The van der Waals surface area contributed by atoms with Gasteiger partial charge in [-0.25, -0.2) is 4.79 Å². The second-order valence-electron chi connectivity index (χ2n) is 5.62. The van der Waals surface area contributed by atoms with Crippen molar-refractivity contribution in [1.82, 2.24) is 9.80 Å². The zero-order valence-corrected chi connectivity index (χ0v) is 12.8. The number of likely N-dealkylation sites (tertiary alicyclic amines) is 1. The number of hydrogen-bond donors (Lipinski definition) is 1. The summed E-state index contributed by atoms with van der Waals surface area (Å²) in [6, 6.07) is 5.01. The van der Waals surface area contributed by atoms with E-state index < -0.39 is 5.97 Å². The van der Waals surface area contributed by atoms with Crippen LogP contribution in [-0.2, 0) is 6.54 Å². The average Bonchev–Trinajstić information content (AvgIpc) is 2.98. The number of rotatable bonds is 7. The molecule has 0 unspecified atom stereocenters. The van der Waals surface area contributed by atoms with Crippen LogP contribution in [0.3, 0.4) is 0 Å². The van der Waals surface area contributed by atoms with Crippen LogP contribution in [-0.4, -0.2) is 61.2 Å². The molecule has 0 aliphatic carbocycles. The number of nitrogens with zero attached hydrogens (tertiary/aromatic N) is 2. The van der Waals surface area contributed by atoms with Gasteiger partial charge in [-0.3, -0.25) is 0 Å². The van der Waals surface area contributed by atoms with Crippen LogP contribution in [0.2, 0.25) is 0 Å². The molecule has 116 valence electrons. The zero-order chi connectivity index (χ0) is 15.2. The smallest absolute Gasteiger partial charge is 0.335 e. The zero-order valence-electron chi connectivity index (χ0n) is 12.8. The molecule has 0 saturated carbocycles. The Bertz CT molecular complexity index is 484. The third kappa shape index (κ3) is 4.44. The van der Waals surface area contributed by atoms with E-state index in [1.807, 2.05) is 0 Å². The molecule has 1 saturated heterocycles. The minimum atomic E-state index is -0.904. The number of hydrogen-bond acceptors (Lipinski definition) is 4. The summed E-state index contributed by atoms with van der Waals surface area (Å²) in [7, 11) is 3.67. The second kappa shape index (κ2) is 7.43. The molecule has 5 heteroatoms. The predicted molar refractivity (Wildman–Crippen MR) is 82.0 cm³/mol. The lowest BCUT2D eigenvalue weighted by Gasteiger charge is -2.22. The molecule has 1 N–H and O–H groups in total. The van der Waals surface area contributed by atoms with E-state index in [0.717, 1.165) is 24.4 Å². The molecule has 0 radical (unpaired) electrons. The van der Waals surface area contributed by atoms with Crippen LogP contribution in [0, 0.1) is 0 Å². The summed E-state index contributed by atoms with van der Waals surface area (Å²) in [5.74, 6) is -0.161. The van der Waals surface area contributed by atoms with Gasteiger partial charge < -0.3 is 19.6 Å². The molecule has 1 aliphatic rings. The Labute approximate surface area is 126 Å². The van der Waals surface area contributed by atoms with Crippen LogP contribution < -0.4 is 4.74 Å². The molecular weight excluding hydrogens is 268 g/mol. The topological polar surface area (TPSA) is 53.0 Å². The number of benzene rings is 1. The van der Waals surface area contributed by atoms with Gasteiger partial charge in [0.05, 0.1) is 12.7 Å². The summed E-state index contributed by atoms with van der Waals surface area (Å²) in [4.78, 5) is 15.8. The Hall–Kier alpha value is -1.59. The van der Waals surface area contributed by atoms with E-state index in [1.54, 1.807) is 25.3 Å². The fourth-order valence-corrected chi connectivity index (χ4v) is 2.72. The summed E-state index contributed by atoms with van der Waals surface area (Å²) in [5.41, 5.74) is 1.22. The van der Waals surface area contributed by atoms with Crippen molar-refractivity contribution < 1.29 is 14.6 Å². The molecule has 2 rings (SSSR count). The maximum absolute atomic E-state index is 11.1. The Morgan fingerprint density at radius 2 is 2.10 bits per heavy atom. The number of carboxylic acids is 1. The van der Waals surface area contributed by atoms with Crippen LogP contribution in [0.5, 0.6) is 5.75 Å². The predicted octanol–water partition coefficient (Wildman–Crippen LogP) is 1.92. The Morgan fingerprint density at radius 3 is 2.71 bits per heavy atom. The highest BCUT2D eigenvalue weighted by molar-refractivity contribution is 5.88. The molecule has 1 aliphatic heterocycles. The molecule has 1 aromatic carbocycles. The fourth-order valence-electron chi connectivity index (χ4n) is 2.72. The molecule has 0 atom stereocenters. The molecule has 0 amide bonds. The molecule has 1 heterocycles. The minimum absolute atomic E-state index is 0.304. The van der Waals surface area contributed by atoms with Crippen molar-refractivity contribution in [2.24, 2.45) is 0 Å². The van der Waals surface area contributed by atoms with Gasteiger partial charge in [0, 0.05) is 25.2 Å². The third-order valence-electron chi connectivity index (χ3n) is 3.96. The number of aromatic carboxylic acids is 1. The SMILES string of the molecule is COc1ccc(C(=O)O)cc1CN(C)CCN1CCCC1. The van der Waals surface area contributed by atoms with E-state index in [2.05, 4.69) is 16.8 Å². The Balaban J connectivity index is 1.96. The number of likely N-dealkylation sites (N-methyl/N-ethyl adjacent to an activating group) is 1. The summed E-state index contributed by atoms with van der Waals surface area (Å²) in [5, 5.41) is 9.09. The van der Waals surface area contributed by atoms with Crippen LogP contribution in [0.4, 0.5) is 0 Å². The van der Waals surface area contributed by atoms with E-state index in [1.165, 1.54) is 25.9 Å². The van der Waals surface area contributed by atoms with Gasteiger partial charge in [-0.1, -0.05) is 0 Å². The van der Waals surface area contributed by atoms with Gasteiger partial charge in [0.2, 0.25) is 0 Å². The summed E-state index contributed by atoms with van der Waals surface area (Å²) in [6.45, 7) is 5.13. The van der Waals surface area contributed by atoms with Crippen molar-refractivity contribution >= 4 is 5.97 Å². The van der Waals surface area contributed by atoms with Crippen LogP contribution in [0.1, 0.15) is 28.8 Å². The van der Waals surface area contributed by atoms with Gasteiger partial charge in [-0.2, -0.15) is 0 Å². The van der Waals surface area contributed by atoms with E-state index in [-0.39, 0.29) is 0 Å². The molecule has 5 nitrogen and oxygen atoms in total. The third-order valence-corrected chi connectivity index (χ3v) is 3.96.